The summed E-state index contributed by atoms with van der Waals surface area (Å²) in [4.78, 5) is 13.1. The molecule has 0 amide bonds. The lowest BCUT2D eigenvalue weighted by atomic mass is 10.1. The Morgan fingerprint density at radius 1 is 0.800 bits per heavy atom. The third-order valence-corrected chi connectivity index (χ3v) is 4.24. The summed E-state index contributed by atoms with van der Waals surface area (Å²) < 4.78 is 0. The normalized spacial score (nSPS) is 13.5. The van der Waals surface area contributed by atoms with Crippen LogP contribution in [0.5, 0.6) is 0 Å². The van der Waals surface area contributed by atoms with Crippen LogP contribution in [0.25, 0.3) is 0 Å². The van der Waals surface area contributed by atoms with E-state index in [9.17, 15) is 0 Å². The zero-order valence-corrected chi connectivity index (χ0v) is 14.5. The van der Waals surface area contributed by atoms with Crippen molar-refractivity contribution in [1.29, 1.82) is 0 Å². The number of hydrogen-bond acceptors (Lipinski definition) is 5. The molecule has 0 saturated heterocycles. The number of aryl methyl sites for hydroxylation is 2. The van der Waals surface area contributed by atoms with Crippen LogP contribution in [0.15, 0.2) is 48.8 Å². The molecule has 5 heteroatoms. The lowest BCUT2D eigenvalue weighted by Crippen LogP contribution is -1.99. The summed E-state index contributed by atoms with van der Waals surface area (Å²) in [5, 5.41) is 6.55. The number of nitrogens with zero attached hydrogens (tertiary/aromatic N) is 3. The van der Waals surface area contributed by atoms with E-state index in [1.807, 2.05) is 26.0 Å². The summed E-state index contributed by atoms with van der Waals surface area (Å²) in [5.41, 5.74) is 6.23. The van der Waals surface area contributed by atoms with E-state index in [1.54, 1.807) is 12.4 Å². The Balaban J connectivity index is 1.42. The molecule has 2 N–H and O–H groups in total. The average Bonchev–Trinajstić information content (AvgIpc) is 3.41. The third kappa shape index (κ3) is 3.94. The van der Waals surface area contributed by atoms with E-state index in [0.717, 1.165) is 34.4 Å². The molecule has 3 aromatic rings. The molecule has 1 saturated carbocycles. The number of nitrogens with one attached hydrogen (secondary N) is 2. The second kappa shape index (κ2) is 6.51. The molecule has 5 nitrogen and oxygen atoms in total. The van der Waals surface area contributed by atoms with Crippen molar-refractivity contribution in [2.24, 2.45) is 0 Å². The van der Waals surface area contributed by atoms with Crippen LogP contribution in [0.3, 0.4) is 0 Å². The van der Waals surface area contributed by atoms with Crippen LogP contribution in [0.1, 0.15) is 35.7 Å². The highest BCUT2D eigenvalue weighted by Gasteiger charge is 2.22. The minimum atomic E-state index is 0.590. The number of rotatable bonds is 5. The zero-order chi connectivity index (χ0) is 17.2. The molecule has 0 bridgehead atoms. The van der Waals surface area contributed by atoms with Gasteiger partial charge in [-0.05, 0) is 62.4 Å². The lowest BCUT2D eigenvalue weighted by Gasteiger charge is -2.09. The van der Waals surface area contributed by atoms with Crippen molar-refractivity contribution in [2.75, 3.05) is 10.6 Å². The van der Waals surface area contributed by atoms with E-state index >= 15 is 0 Å². The summed E-state index contributed by atoms with van der Waals surface area (Å²) in [6.45, 7) is 3.96. The van der Waals surface area contributed by atoms with Crippen molar-refractivity contribution in [3.05, 3.63) is 65.7 Å². The SMILES string of the molecule is Cc1cc(Nc2cnc(Nc3ccc(C4CC4)cc3)nc2)cc(C)n1. The Labute approximate surface area is 147 Å². The fraction of sp³-hybridized carbons (Fsp3) is 0.250. The van der Waals surface area contributed by atoms with Gasteiger partial charge >= 0.3 is 0 Å². The first-order valence-corrected chi connectivity index (χ1v) is 8.57. The van der Waals surface area contributed by atoms with Crippen molar-refractivity contribution in [3.63, 3.8) is 0 Å². The van der Waals surface area contributed by atoms with Gasteiger partial charge in [0.15, 0.2) is 0 Å². The van der Waals surface area contributed by atoms with Crippen LogP contribution in [-0.4, -0.2) is 15.0 Å². The molecule has 1 aliphatic carbocycles. The standard InChI is InChI=1S/C20H21N5/c1-13-9-18(10-14(2)23-13)24-19-11-21-20(22-12-19)25-17-7-5-16(6-8-17)15-3-4-15/h5-12,15H,3-4H2,1-2H3,(H,23,24)(H,21,22,25). The molecule has 25 heavy (non-hydrogen) atoms. The molecule has 0 radical (unpaired) electrons. The molecule has 4 rings (SSSR count). The Morgan fingerprint density at radius 2 is 1.44 bits per heavy atom. The van der Waals surface area contributed by atoms with E-state index in [2.05, 4.69) is 49.9 Å². The molecular formula is C20H21N5. The first-order chi connectivity index (χ1) is 12.2. The van der Waals surface area contributed by atoms with Gasteiger partial charge < -0.3 is 10.6 Å². The molecule has 0 aliphatic heterocycles. The van der Waals surface area contributed by atoms with Gasteiger partial charge in [0.2, 0.25) is 5.95 Å². The Kier molecular flexibility index (Phi) is 4.06. The molecular weight excluding hydrogens is 310 g/mol. The molecule has 1 aromatic carbocycles. The zero-order valence-electron chi connectivity index (χ0n) is 14.5. The molecule has 0 atom stereocenters. The number of aromatic nitrogens is 3. The average molecular weight is 331 g/mol. The van der Waals surface area contributed by atoms with Gasteiger partial charge in [0, 0.05) is 22.8 Å². The second-order valence-electron chi connectivity index (χ2n) is 6.58. The van der Waals surface area contributed by atoms with Gasteiger partial charge in [0.25, 0.3) is 0 Å². The maximum atomic E-state index is 4.38. The van der Waals surface area contributed by atoms with Crippen LogP contribution >= 0.6 is 0 Å². The fourth-order valence-electron chi connectivity index (χ4n) is 2.91. The summed E-state index contributed by atoms with van der Waals surface area (Å²) in [6.07, 6.45) is 6.19. The summed E-state index contributed by atoms with van der Waals surface area (Å²) >= 11 is 0. The minimum Gasteiger partial charge on any atom is -0.353 e. The van der Waals surface area contributed by atoms with Gasteiger partial charge in [0.1, 0.15) is 0 Å². The van der Waals surface area contributed by atoms with Crippen LogP contribution in [0.2, 0.25) is 0 Å². The third-order valence-electron chi connectivity index (χ3n) is 4.24. The topological polar surface area (TPSA) is 62.7 Å². The Morgan fingerprint density at radius 3 is 2.04 bits per heavy atom. The summed E-state index contributed by atoms with van der Waals surface area (Å²) in [5.74, 6) is 1.36. The van der Waals surface area contributed by atoms with E-state index in [0.29, 0.717) is 5.95 Å². The number of benzene rings is 1. The minimum absolute atomic E-state index is 0.590. The highest BCUT2D eigenvalue weighted by molar-refractivity contribution is 5.60. The van der Waals surface area contributed by atoms with Crippen molar-refractivity contribution in [1.82, 2.24) is 15.0 Å². The highest BCUT2D eigenvalue weighted by atomic mass is 15.1. The van der Waals surface area contributed by atoms with Crippen LogP contribution in [0, 0.1) is 13.8 Å². The molecule has 1 fully saturated rings. The van der Waals surface area contributed by atoms with Gasteiger partial charge in [0.05, 0.1) is 18.1 Å². The molecule has 1 aliphatic rings. The Bertz CT molecular complexity index is 847. The molecule has 2 aromatic heterocycles. The molecule has 0 unspecified atom stereocenters. The highest BCUT2D eigenvalue weighted by Crippen LogP contribution is 2.40. The van der Waals surface area contributed by atoms with Gasteiger partial charge in [-0.2, -0.15) is 0 Å². The van der Waals surface area contributed by atoms with Gasteiger partial charge in [-0.3, -0.25) is 4.98 Å². The van der Waals surface area contributed by atoms with Crippen LogP contribution < -0.4 is 10.6 Å². The van der Waals surface area contributed by atoms with E-state index in [4.69, 9.17) is 0 Å². The van der Waals surface area contributed by atoms with Gasteiger partial charge in [-0.25, -0.2) is 9.97 Å². The molecule has 0 spiro atoms. The molecule has 126 valence electrons. The number of pyridine rings is 1. The number of hydrogen-bond donors (Lipinski definition) is 2. The first-order valence-electron chi connectivity index (χ1n) is 8.57. The van der Waals surface area contributed by atoms with Gasteiger partial charge in [-0.15, -0.1) is 0 Å². The first kappa shape index (κ1) is 15.6. The van der Waals surface area contributed by atoms with Crippen molar-refractivity contribution in [3.8, 4) is 0 Å². The monoisotopic (exact) mass is 331 g/mol. The summed E-state index contributed by atoms with van der Waals surface area (Å²) in [7, 11) is 0. The van der Waals surface area contributed by atoms with Crippen molar-refractivity contribution >= 4 is 23.0 Å². The molecule has 2 heterocycles. The number of anilines is 4. The Hall–Kier alpha value is -2.95. The van der Waals surface area contributed by atoms with Crippen molar-refractivity contribution < 1.29 is 0 Å². The second-order valence-corrected chi connectivity index (χ2v) is 6.58. The van der Waals surface area contributed by atoms with Crippen LogP contribution in [-0.2, 0) is 0 Å². The quantitative estimate of drug-likeness (QED) is 0.699. The van der Waals surface area contributed by atoms with E-state index in [1.165, 1.54) is 18.4 Å². The lowest BCUT2D eigenvalue weighted by molar-refractivity contribution is 1.12. The summed E-state index contributed by atoms with van der Waals surface area (Å²) in [6, 6.07) is 12.5. The van der Waals surface area contributed by atoms with Crippen LogP contribution in [0.4, 0.5) is 23.0 Å². The largest absolute Gasteiger partial charge is 0.353 e. The maximum absolute atomic E-state index is 4.38. The fourth-order valence-corrected chi connectivity index (χ4v) is 2.91. The predicted molar refractivity (Wildman–Crippen MR) is 101 cm³/mol. The van der Waals surface area contributed by atoms with E-state index in [-0.39, 0.29) is 0 Å². The van der Waals surface area contributed by atoms with Crippen molar-refractivity contribution in [2.45, 2.75) is 32.6 Å². The van der Waals surface area contributed by atoms with E-state index < -0.39 is 0 Å². The predicted octanol–water partition coefficient (Wildman–Crippen LogP) is 4.85. The van der Waals surface area contributed by atoms with Gasteiger partial charge in [-0.1, -0.05) is 12.1 Å². The smallest absolute Gasteiger partial charge is 0.227 e. The maximum Gasteiger partial charge on any atom is 0.227 e.